The van der Waals surface area contributed by atoms with E-state index in [2.05, 4.69) is 27.6 Å². The fourth-order valence-electron chi connectivity index (χ4n) is 4.32. The number of rotatable bonds is 6. The van der Waals surface area contributed by atoms with Crippen molar-refractivity contribution in [3.8, 4) is 0 Å². The number of halogens is 2. The molecule has 0 bridgehead atoms. The van der Waals surface area contributed by atoms with Gasteiger partial charge in [-0.25, -0.2) is 13.8 Å². The Kier molecular flexibility index (Phi) is 5.68. The summed E-state index contributed by atoms with van der Waals surface area (Å²) >= 11 is 0. The molecule has 9 heteroatoms. The minimum Gasteiger partial charge on any atom is -0.366 e. The molecule has 0 spiro atoms. The van der Waals surface area contributed by atoms with E-state index in [4.69, 9.17) is 0 Å². The van der Waals surface area contributed by atoms with E-state index in [1.54, 1.807) is 21.3 Å². The number of amides is 1. The lowest BCUT2D eigenvalue weighted by Gasteiger charge is -2.39. The minimum atomic E-state index is -2.60. The van der Waals surface area contributed by atoms with E-state index in [0.29, 0.717) is 17.6 Å². The van der Waals surface area contributed by atoms with Crippen molar-refractivity contribution in [1.29, 1.82) is 0 Å². The highest BCUT2D eigenvalue weighted by molar-refractivity contribution is 5.95. The van der Waals surface area contributed by atoms with E-state index >= 15 is 0 Å². The van der Waals surface area contributed by atoms with Crippen LogP contribution in [0, 0.1) is 0 Å². The lowest BCUT2D eigenvalue weighted by Crippen LogP contribution is -2.46. The number of carbonyl (C=O) groups is 1. The number of alkyl halides is 2. The van der Waals surface area contributed by atoms with Gasteiger partial charge in [-0.3, -0.25) is 13.9 Å². The second kappa shape index (κ2) is 8.28. The van der Waals surface area contributed by atoms with Gasteiger partial charge in [0.25, 0.3) is 12.3 Å². The molecule has 0 radical (unpaired) electrons. The summed E-state index contributed by atoms with van der Waals surface area (Å²) in [5, 5.41) is 11.0. The molecule has 7 nitrogen and oxygen atoms in total. The number of nitrogens with zero attached hydrogens (tertiary/aromatic N) is 4. The molecule has 1 saturated carbocycles. The zero-order valence-corrected chi connectivity index (χ0v) is 18.0. The van der Waals surface area contributed by atoms with Crippen LogP contribution in [0.1, 0.15) is 67.7 Å². The van der Waals surface area contributed by atoms with Crippen LogP contribution >= 0.6 is 0 Å². The number of aromatic nitrogens is 4. The molecule has 1 aliphatic rings. The van der Waals surface area contributed by atoms with Crippen molar-refractivity contribution in [2.75, 3.05) is 5.32 Å². The second-order valence-electron chi connectivity index (χ2n) is 8.56. The molecule has 1 amide bonds. The average molecular weight is 431 g/mol. The van der Waals surface area contributed by atoms with Gasteiger partial charge in [-0.05, 0) is 51.2 Å². The fourth-order valence-corrected chi connectivity index (χ4v) is 4.32. The van der Waals surface area contributed by atoms with Gasteiger partial charge in [0.2, 0.25) is 0 Å². The Morgan fingerprint density at radius 2 is 2.03 bits per heavy atom. The van der Waals surface area contributed by atoms with Crippen LogP contribution in [-0.4, -0.2) is 36.7 Å². The van der Waals surface area contributed by atoms with Crippen LogP contribution in [0.25, 0.3) is 5.65 Å². The first-order valence-corrected chi connectivity index (χ1v) is 10.7. The van der Waals surface area contributed by atoms with Crippen LogP contribution in [0.3, 0.4) is 0 Å². The Balaban J connectivity index is 1.41. The van der Waals surface area contributed by atoms with Crippen molar-refractivity contribution in [1.82, 2.24) is 24.5 Å². The minimum absolute atomic E-state index is 0.0748. The van der Waals surface area contributed by atoms with Crippen molar-refractivity contribution in [2.45, 2.75) is 64.0 Å². The van der Waals surface area contributed by atoms with E-state index in [9.17, 15) is 13.6 Å². The molecule has 0 atom stereocenters. The number of imidazole rings is 1. The summed E-state index contributed by atoms with van der Waals surface area (Å²) < 4.78 is 29.5. The maximum absolute atomic E-state index is 13.1. The zero-order valence-electron chi connectivity index (χ0n) is 18.0. The molecule has 3 aromatic rings. The standard InChI is InChI=1S/C22H28F2N6O/c1-4-16-15(12-29(3)28-16)21(31)25-14-8-10-22(2,11-9-14)27-19-7-5-6-18-26-17(20(23)24)13-30(18)19/h5-7,12-14,20,27H,4,8-11H2,1-3H3,(H,25,31)/t14-,22+. The van der Waals surface area contributed by atoms with Crippen molar-refractivity contribution in [3.05, 3.63) is 47.5 Å². The van der Waals surface area contributed by atoms with E-state index in [0.717, 1.165) is 37.2 Å². The van der Waals surface area contributed by atoms with Crippen molar-refractivity contribution in [2.24, 2.45) is 7.05 Å². The maximum atomic E-state index is 13.1. The number of hydrogen-bond acceptors (Lipinski definition) is 4. The number of fused-ring (bicyclic) bond motifs is 1. The Morgan fingerprint density at radius 1 is 1.29 bits per heavy atom. The van der Waals surface area contributed by atoms with Gasteiger partial charge < -0.3 is 10.6 Å². The molecular weight excluding hydrogens is 402 g/mol. The molecule has 3 heterocycles. The molecule has 4 rings (SSSR count). The first-order valence-electron chi connectivity index (χ1n) is 10.7. The molecule has 31 heavy (non-hydrogen) atoms. The molecule has 0 aromatic carbocycles. The van der Waals surface area contributed by atoms with Crippen molar-refractivity contribution >= 4 is 17.4 Å². The first kappa shape index (κ1) is 21.3. The SMILES string of the molecule is CCc1nn(C)cc1C(=O)N[C@H]1CC[C@@](C)(Nc2cccc3nc(C(F)F)cn23)CC1. The topological polar surface area (TPSA) is 76.2 Å². The summed E-state index contributed by atoms with van der Waals surface area (Å²) in [5.41, 5.74) is 1.51. The Labute approximate surface area is 179 Å². The monoisotopic (exact) mass is 430 g/mol. The molecule has 3 aromatic heterocycles. The van der Waals surface area contributed by atoms with E-state index in [1.165, 1.54) is 6.20 Å². The van der Waals surface area contributed by atoms with Gasteiger partial charge in [-0.2, -0.15) is 5.10 Å². The summed E-state index contributed by atoms with van der Waals surface area (Å²) in [6.07, 6.45) is 4.62. The van der Waals surface area contributed by atoms with Crippen molar-refractivity contribution in [3.63, 3.8) is 0 Å². The predicted molar refractivity (Wildman–Crippen MR) is 114 cm³/mol. The Bertz CT molecular complexity index is 1080. The number of anilines is 1. The van der Waals surface area contributed by atoms with Gasteiger partial charge in [0.05, 0.1) is 11.3 Å². The molecule has 0 aliphatic heterocycles. The Hall–Kier alpha value is -2.97. The summed E-state index contributed by atoms with van der Waals surface area (Å²) in [4.78, 5) is 16.7. The lowest BCUT2D eigenvalue weighted by molar-refractivity contribution is 0.0920. The average Bonchev–Trinajstić information content (AvgIpc) is 3.34. The predicted octanol–water partition coefficient (Wildman–Crippen LogP) is 4.11. The first-order chi connectivity index (χ1) is 14.8. The summed E-state index contributed by atoms with van der Waals surface area (Å²) in [7, 11) is 1.82. The van der Waals surface area contributed by atoms with Gasteiger partial charge in [-0.15, -0.1) is 0 Å². The highest BCUT2D eigenvalue weighted by Crippen LogP contribution is 2.32. The third kappa shape index (κ3) is 4.40. The zero-order chi connectivity index (χ0) is 22.2. The van der Waals surface area contributed by atoms with Gasteiger partial charge in [0.15, 0.2) is 0 Å². The highest BCUT2D eigenvalue weighted by atomic mass is 19.3. The lowest BCUT2D eigenvalue weighted by atomic mass is 9.80. The Morgan fingerprint density at radius 3 is 2.71 bits per heavy atom. The second-order valence-corrected chi connectivity index (χ2v) is 8.56. The number of hydrogen-bond donors (Lipinski definition) is 2. The summed E-state index contributed by atoms with van der Waals surface area (Å²) in [6.45, 7) is 4.12. The number of nitrogens with one attached hydrogen (secondary N) is 2. The molecule has 166 valence electrons. The van der Waals surface area contributed by atoms with Gasteiger partial charge >= 0.3 is 0 Å². The number of carbonyl (C=O) groups excluding carboxylic acids is 1. The quantitative estimate of drug-likeness (QED) is 0.617. The fraction of sp³-hybridized carbons (Fsp3) is 0.500. The van der Waals surface area contributed by atoms with Crippen LogP contribution in [-0.2, 0) is 13.5 Å². The van der Waals surface area contributed by atoms with E-state index < -0.39 is 6.43 Å². The van der Waals surface area contributed by atoms with Gasteiger partial charge in [0, 0.05) is 31.0 Å². The van der Waals surface area contributed by atoms with Gasteiger partial charge in [-0.1, -0.05) is 13.0 Å². The smallest absolute Gasteiger partial charge is 0.281 e. The summed E-state index contributed by atoms with van der Waals surface area (Å²) in [6, 6.07) is 5.50. The van der Waals surface area contributed by atoms with Crippen LogP contribution in [0.4, 0.5) is 14.6 Å². The molecule has 1 fully saturated rings. The number of pyridine rings is 1. The molecule has 1 aliphatic carbocycles. The van der Waals surface area contributed by atoms with Gasteiger partial charge in [0.1, 0.15) is 17.2 Å². The molecule has 0 unspecified atom stereocenters. The normalized spacial score (nSPS) is 21.5. The summed E-state index contributed by atoms with van der Waals surface area (Å²) in [5.74, 6) is 0.666. The van der Waals surface area contributed by atoms with Crippen LogP contribution in [0.2, 0.25) is 0 Å². The molecule has 0 saturated heterocycles. The maximum Gasteiger partial charge on any atom is 0.281 e. The largest absolute Gasteiger partial charge is 0.366 e. The molecule has 2 N–H and O–H groups in total. The van der Waals surface area contributed by atoms with Crippen LogP contribution in [0.5, 0.6) is 0 Å². The van der Waals surface area contributed by atoms with Crippen LogP contribution < -0.4 is 10.6 Å². The number of aryl methyl sites for hydroxylation is 2. The molecular formula is C22H28F2N6O. The highest BCUT2D eigenvalue weighted by Gasteiger charge is 2.32. The van der Waals surface area contributed by atoms with E-state index in [1.807, 2.05) is 26.1 Å². The third-order valence-electron chi connectivity index (χ3n) is 6.07. The van der Waals surface area contributed by atoms with E-state index in [-0.39, 0.29) is 23.2 Å². The van der Waals surface area contributed by atoms with Crippen LogP contribution in [0.15, 0.2) is 30.6 Å². The third-order valence-corrected chi connectivity index (χ3v) is 6.07. The van der Waals surface area contributed by atoms with Crippen molar-refractivity contribution < 1.29 is 13.6 Å².